The standard InChI is InChI=1S/C14H32OSi2/c1-7-9-10-11-12-13-14-17(5,6)15-16(3,4)8-2/h8H,2,7,9-14H2,1,3-6H3. The van der Waals surface area contributed by atoms with Crippen molar-refractivity contribution in [3.8, 4) is 0 Å². The van der Waals surface area contributed by atoms with Crippen LogP contribution >= 0.6 is 0 Å². The molecule has 0 unspecified atom stereocenters. The minimum absolute atomic E-state index is 1.31. The van der Waals surface area contributed by atoms with Gasteiger partial charge >= 0.3 is 0 Å². The smallest absolute Gasteiger partial charge is 0.197 e. The van der Waals surface area contributed by atoms with Crippen LogP contribution in [0.5, 0.6) is 0 Å². The quantitative estimate of drug-likeness (QED) is 0.377. The van der Waals surface area contributed by atoms with E-state index in [9.17, 15) is 0 Å². The summed E-state index contributed by atoms with van der Waals surface area (Å²) in [5, 5.41) is 0. The Morgan fingerprint density at radius 2 is 1.47 bits per heavy atom. The van der Waals surface area contributed by atoms with Gasteiger partial charge in [0.05, 0.1) is 0 Å². The summed E-state index contributed by atoms with van der Waals surface area (Å²) < 4.78 is 6.36. The molecule has 1 nitrogen and oxygen atoms in total. The second-order valence-electron chi connectivity index (χ2n) is 6.19. The van der Waals surface area contributed by atoms with E-state index in [2.05, 4.69) is 45.4 Å². The van der Waals surface area contributed by atoms with Crippen molar-refractivity contribution in [2.24, 2.45) is 0 Å². The lowest BCUT2D eigenvalue weighted by atomic mass is 10.1. The van der Waals surface area contributed by atoms with E-state index < -0.39 is 16.6 Å². The number of unbranched alkanes of at least 4 members (excludes halogenated alkanes) is 5. The summed E-state index contributed by atoms with van der Waals surface area (Å²) in [7, 11) is -3.01. The van der Waals surface area contributed by atoms with Crippen LogP contribution in [0.2, 0.25) is 32.2 Å². The second kappa shape index (κ2) is 8.27. The van der Waals surface area contributed by atoms with Crippen molar-refractivity contribution >= 4 is 16.6 Å². The molecule has 0 aliphatic carbocycles. The van der Waals surface area contributed by atoms with Crippen LogP contribution in [0.3, 0.4) is 0 Å². The van der Waals surface area contributed by atoms with Crippen molar-refractivity contribution in [3.05, 3.63) is 12.3 Å². The average Bonchev–Trinajstić information content (AvgIpc) is 2.22. The van der Waals surface area contributed by atoms with Crippen LogP contribution in [0.4, 0.5) is 0 Å². The first kappa shape index (κ1) is 17.1. The summed E-state index contributed by atoms with van der Waals surface area (Å²) in [5.41, 5.74) is 2.06. The van der Waals surface area contributed by atoms with Crippen LogP contribution in [-0.2, 0) is 4.12 Å². The van der Waals surface area contributed by atoms with Gasteiger partial charge in [0.2, 0.25) is 0 Å². The summed E-state index contributed by atoms with van der Waals surface area (Å²) in [6.45, 7) is 15.4. The molecule has 0 atom stereocenters. The number of hydrogen-bond donors (Lipinski definition) is 0. The monoisotopic (exact) mass is 272 g/mol. The van der Waals surface area contributed by atoms with Gasteiger partial charge in [0, 0.05) is 0 Å². The summed E-state index contributed by atoms with van der Waals surface area (Å²) in [6.07, 6.45) is 8.28. The van der Waals surface area contributed by atoms with Gasteiger partial charge in [-0.3, -0.25) is 0 Å². The maximum atomic E-state index is 6.36. The van der Waals surface area contributed by atoms with E-state index in [0.717, 1.165) is 0 Å². The minimum Gasteiger partial charge on any atom is -0.453 e. The Hall–Kier alpha value is 0.134. The first-order chi connectivity index (χ1) is 7.83. The van der Waals surface area contributed by atoms with Crippen molar-refractivity contribution < 1.29 is 4.12 Å². The molecule has 0 fully saturated rings. The van der Waals surface area contributed by atoms with Crippen molar-refractivity contribution in [1.29, 1.82) is 0 Å². The van der Waals surface area contributed by atoms with E-state index in [1.807, 2.05) is 0 Å². The molecule has 0 aromatic heterocycles. The molecule has 17 heavy (non-hydrogen) atoms. The predicted octanol–water partition coefficient (Wildman–Crippen LogP) is 5.50. The fourth-order valence-electron chi connectivity index (χ4n) is 2.14. The minimum atomic E-state index is -1.57. The number of rotatable bonds is 10. The zero-order valence-electron chi connectivity index (χ0n) is 12.6. The van der Waals surface area contributed by atoms with Gasteiger partial charge in [0.1, 0.15) is 0 Å². The largest absolute Gasteiger partial charge is 0.453 e. The zero-order chi connectivity index (χ0) is 13.4. The summed E-state index contributed by atoms with van der Waals surface area (Å²) in [4.78, 5) is 0. The lowest BCUT2D eigenvalue weighted by Crippen LogP contribution is -2.43. The maximum Gasteiger partial charge on any atom is 0.197 e. The van der Waals surface area contributed by atoms with E-state index in [-0.39, 0.29) is 0 Å². The molecule has 0 aliphatic heterocycles. The fraction of sp³-hybridized carbons (Fsp3) is 0.857. The molecule has 0 aromatic rings. The molecular formula is C14H32OSi2. The normalized spacial score (nSPS) is 12.8. The molecule has 0 heterocycles. The first-order valence-corrected chi connectivity index (χ1v) is 13.3. The highest BCUT2D eigenvalue weighted by Crippen LogP contribution is 2.22. The molecule has 0 radical (unpaired) electrons. The Labute approximate surface area is 111 Å². The van der Waals surface area contributed by atoms with E-state index >= 15 is 0 Å². The van der Waals surface area contributed by atoms with Crippen molar-refractivity contribution in [2.75, 3.05) is 0 Å². The molecule has 102 valence electrons. The SMILES string of the molecule is C=C[Si](C)(C)O[Si](C)(C)CCCCCCCC. The van der Waals surface area contributed by atoms with E-state index in [1.165, 1.54) is 44.6 Å². The van der Waals surface area contributed by atoms with Gasteiger partial charge in [-0.25, -0.2) is 0 Å². The lowest BCUT2D eigenvalue weighted by Gasteiger charge is -2.32. The molecule has 0 aromatic carbocycles. The summed E-state index contributed by atoms with van der Waals surface area (Å²) in [5.74, 6) is 0. The van der Waals surface area contributed by atoms with E-state index in [0.29, 0.717) is 0 Å². The highest BCUT2D eigenvalue weighted by Gasteiger charge is 2.30. The van der Waals surface area contributed by atoms with Gasteiger partial charge in [-0.1, -0.05) is 51.1 Å². The Morgan fingerprint density at radius 3 is 2.00 bits per heavy atom. The molecule has 0 saturated carbocycles. The van der Waals surface area contributed by atoms with Gasteiger partial charge in [-0.15, -0.1) is 6.58 Å². The third kappa shape index (κ3) is 9.80. The van der Waals surface area contributed by atoms with Crippen LogP contribution in [0.25, 0.3) is 0 Å². The first-order valence-electron chi connectivity index (χ1n) is 7.17. The van der Waals surface area contributed by atoms with Crippen LogP contribution in [0.1, 0.15) is 45.4 Å². The molecule has 0 bridgehead atoms. The van der Waals surface area contributed by atoms with Gasteiger partial charge in [-0.2, -0.15) is 0 Å². The average molecular weight is 273 g/mol. The molecule has 0 saturated heterocycles. The van der Waals surface area contributed by atoms with E-state index in [4.69, 9.17) is 4.12 Å². The maximum absolute atomic E-state index is 6.36. The molecule has 0 amide bonds. The van der Waals surface area contributed by atoms with Crippen molar-refractivity contribution in [1.82, 2.24) is 0 Å². The molecule has 0 spiro atoms. The van der Waals surface area contributed by atoms with Crippen LogP contribution in [0.15, 0.2) is 12.3 Å². The van der Waals surface area contributed by atoms with E-state index in [1.54, 1.807) is 0 Å². The molecule has 0 aliphatic rings. The van der Waals surface area contributed by atoms with Gasteiger partial charge in [-0.05, 0) is 32.2 Å². The predicted molar refractivity (Wildman–Crippen MR) is 84.4 cm³/mol. The zero-order valence-corrected chi connectivity index (χ0v) is 14.6. The van der Waals surface area contributed by atoms with Crippen molar-refractivity contribution in [3.63, 3.8) is 0 Å². The van der Waals surface area contributed by atoms with Gasteiger partial charge < -0.3 is 4.12 Å². The van der Waals surface area contributed by atoms with Crippen molar-refractivity contribution in [2.45, 2.75) is 77.7 Å². The lowest BCUT2D eigenvalue weighted by molar-refractivity contribution is 0.541. The molecular weight excluding hydrogens is 240 g/mol. The topological polar surface area (TPSA) is 9.23 Å². The molecule has 0 rings (SSSR count). The third-order valence-electron chi connectivity index (χ3n) is 3.16. The Bertz CT molecular complexity index is 212. The van der Waals surface area contributed by atoms with Gasteiger partial charge in [0.25, 0.3) is 0 Å². The molecule has 0 N–H and O–H groups in total. The third-order valence-corrected chi connectivity index (χ3v) is 10.0. The Morgan fingerprint density at radius 1 is 0.941 bits per heavy atom. The Kier molecular flexibility index (Phi) is 8.34. The second-order valence-corrected chi connectivity index (χ2v) is 14.6. The van der Waals surface area contributed by atoms with Gasteiger partial charge in [0.15, 0.2) is 16.6 Å². The highest BCUT2D eigenvalue weighted by atomic mass is 28.4. The summed E-state index contributed by atoms with van der Waals surface area (Å²) >= 11 is 0. The van der Waals surface area contributed by atoms with Crippen LogP contribution in [-0.4, -0.2) is 16.6 Å². The van der Waals surface area contributed by atoms with Crippen LogP contribution in [0, 0.1) is 0 Å². The highest BCUT2D eigenvalue weighted by molar-refractivity contribution is 6.87. The summed E-state index contributed by atoms with van der Waals surface area (Å²) in [6, 6.07) is 1.31. The van der Waals surface area contributed by atoms with Crippen LogP contribution < -0.4 is 0 Å². The fourth-order valence-corrected chi connectivity index (χ4v) is 9.68. The molecule has 3 heteroatoms. The number of hydrogen-bond acceptors (Lipinski definition) is 1. The Balaban J connectivity index is 3.74.